The Hall–Kier alpha value is -2.94. The molecule has 1 N–H and O–H groups in total. The molecule has 0 bridgehead atoms. The Labute approximate surface area is 201 Å². The molecule has 0 spiro atoms. The molecule has 6 nitrogen and oxygen atoms in total. The molecule has 34 heavy (non-hydrogen) atoms. The summed E-state index contributed by atoms with van der Waals surface area (Å²) in [6, 6.07) is 6.44. The molecule has 2 aliphatic heterocycles. The van der Waals surface area contributed by atoms with Crippen molar-refractivity contribution in [1.29, 1.82) is 0 Å². The number of carbonyl (C=O) groups excluding carboxylic acids is 1. The maximum Gasteiger partial charge on any atom is 0.231 e. The minimum atomic E-state index is -1.08. The number of thioether (sulfide) groups is 1. The number of carbonyl (C=O) groups is 1. The number of alkyl halides is 1. The first kappa shape index (κ1) is 22.8. The van der Waals surface area contributed by atoms with Crippen LogP contribution in [0.4, 0.5) is 14.5 Å². The van der Waals surface area contributed by atoms with E-state index in [-0.39, 0.29) is 28.8 Å². The highest BCUT2D eigenvalue weighted by Crippen LogP contribution is 2.45. The highest BCUT2D eigenvalue weighted by atomic mass is 32.2. The Morgan fingerprint density at radius 2 is 2.21 bits per heavy atom. The molecule has 0 radical (unpaired) electrons. The minimum absolute atomic E-state index is 0.0536. The number of halogens is 2. The van der Waals surface area contributed by atoms with Gasteiger partial charge in [0.2, 0.25) is 5.91 Å². The van der Waals surface area contributed by atoms with E-state index in [4.69, 9.17) is 4.74 Å². The van der Waals surface area contributed by atoms with Crippen LogP contribution >= 0.6 is 11.8 Å². The van der Waals surface area contributed by atoms with E-state index in [1.54, 1.807) is 29.1 Å². The molecule has 3 aromatic rings. The molecule has 0 aliphatic carbocycles. The van der Waals surface area contributed by atoms with Crippen molar-refractivity contribution in [2.75, 3.05) is 17.7 Å². The van der Waals surface area contributed by atoms with Crippen LogP contribution in [-0.2, 0) is 16.0 Å². The Bertz CT molecular complexity index is 1220. The van der Waals surface area contributed by atoms with Gasteiger partial charge in [0.1, 0.15) is 24.9 Å². The van der Waals surface area contributed by atoms with Gasteiger partial charge in [0.15, 0.2) is 11.6 Å². The highest BCUT2D eigenvalue weighted by Gasteiger charge is 2.34. The lowest BCUT2D eigenvalue weighted by Crippen LogP contribution is -2.32. The normalized spacial score (nSPS) is 22.6. The fourth-order valence-electron chi connectivity index (χ4n) is 4.43. The number of hydrogen-bond donors (Lipinski definition) is 1. The molecule has 1 aromatic carbocycles. The average Bonchev–Trinajstić information content (AvgIpc) is 3.49. The second-order valence-corrected chi connectivity index (χ2v) is 10.7. The largest absolute Gasteiger partial charge is 0.492 e. The van der Waals surface area contributed by atoms with Crippen LogP contribution in [0.15, 0.2) is 43.0 Å². The van der Waals surface area contributed by atoms with Crippen LogP contribution in [0, 0.1) is 11.7 Å². The van der Waals surface area contributed by atoms with Gasteiger partial charge in [0.05, 0.1) is 28.2 Å². The number of benzene rings is 1. The number of ether oxygens (including phenoxy) is 1. The third-order valence-corrected chi connectivity index (χ3v) is 8.05. The summed E-state index contributed by atoms with van der Waals surface area (Å²) in [5, 5.41) is 2.74. The first-order valence-corrected chi connectivity index (χ1v) is 12.4. The zero-order valence-electron chi connectivity index (χ0n) is 19.1. The van der Waals surface area contributed by atoms with Crippen molar-refractivity contribution < 1.29 is 18.3 Å². The molecule has 1 fully saturated rings. The lowest BCUT2D eigenvalue weighted by atomic mass is 9.94. The number of hydrogen-bond acceptors (Lipinski definition) is 5. The van der Waals surface area contributed by atoms with Crippen LogP contribution in [0.3, 0.4) is 0 Å². The predicted octanol–water partition coefficient (Wildman–Crippen LogP) is 5.37. The number of anilines is 1. The van der Waals surface area contributed by atoms with Gasteiger partial charge in [-0.25, -0.2) is 18.7 Å². The summed E-state index contributed by atoms with van der Waals surface area (Å²) in [5.74, 6) is 0.566. The third kappa shape index (κ3) is 4.41. The molecule has 3 unspecified atom stereocenters. The number of rotatable bonds is 5. The van der Waals surface area contributed by atoms with E-state index >= 15 is 0 Å². The van der Waals surface area contributed by atoms with Gasteiger partial charge >= 0.3 is 0 Å². The minimum Gasteiger partial charge on any atom is -0.492 e. The summed E-state index contributed by atoms with van der Waals surface area (Å²) in [6.07, 6.45) is 6.41. The number of fused-ring (bicyclic) bond motifs is 1. The van der Waals surface area contributed by atoms with Gasteiger partial charge in [0.25, 0.3) is 0 Å². The molecule has 3 atom stereocenters. The Morgan fingerprint density at radius 1 is 1.35 bits per heavy atom. The Kier molecular flexibility index (Phi) is 6.06. The molecule has 4 heterocycles. The predicted molar refractivity (Wildman–Crippen MR) is 128 cm³/mol. The van der Waals surface area contributed by atoms with Crippen molar-refractivity contribution >= 4 is 23.4 Å². The summed E-state index contributed by atoms with van der Waals surface area (Å²) < 4.78 is 35.7. The first-order valence-electron chi connectivity index (χ1n) is 11.4. The summed E-state index contributed by atoms with van der Waals surface area (Å²) in [5.41, 5.74) is 2.58. The molecular formula is C25H26F2N4O2S. The monoisotopic (exact) mass is 484 g/mol. The van der Waals surface area contributed by atoms with E-state index in [2.05, 4.69) is 22.2 Å². The van der Waals surface area contributed by atoms with E-state index in [0.717, 1.165) is 29.9 Å². The van der Waals surface area contributed by atoms with Gasteiger partial charge in [-0.1, -0.05) is 12.1 Å². The smallest absolute Gasteiger partial charge is 0.231 e. The van der Waals surface area contributed by atoms with Crippen LogP contribution in [-0.4, -0.2) is 32.8 Å². The van der Waals surface area contributed by atoms with Crippen LogP contribution < -0.4 is 10.1 Å². The first-order chi connectivity index (χ1) is 16.3. The summed E-state index contributed by atoms with van der Waals surface area (Å²) in [6.45, 7) is 3.80. The topological polar surface area (TPSA) is 69.0 Å². The van der Waals surface area contributed by atoms with Crippen molar-refractivity contribution in [3.8, 4) is 11.6 Å². The molecular weight excluding hydrogens is 458 g/mol. The van der Waals surface area contributed by atoms with Crippen LogP contribution in [0.5, 0.6) is 5.75 Å². The summed E-state index contributed by atoms with van der Waals surface area (Å²) in [7, 11) is 0. The van der Waals surface area contributed by atoms with Gasteiger partial charge in [-0.3, -0.25) is 9.36 Å². The molecule has 0 saturated carbocycles. The lowest BCUT2D eigenvalue weighted by Gasteiger charge is -2.25. The average molecular weight is 485 g/mol. The second-order valence-electron chi connectivity index (χ2n) is 9.06. The maximum atomic E-state index is 14.9. The molecule has 5 rings (SSSR count). The summed E-state index contributed by atoms with van der Waals surface area (Å²) in [4.78, 5) is 21.5. The fraction of sp³-hybridized carbons (Fsp3) is 0.400. The van der Waals surface area contributed by atoms with Gasteiger partial charge in [-0.2, -0.15) is 0 Å². The zero-order chi connectivity index (χ0) is 23.9. The maximum absolute atomic E-state index is 14.9. The number of pyridine rings is 1. The van der Waals surface area contributed by atoms with Crippen LogP contribution in [0.25, 0.3) is 5.82 Å². The molecule has 9 heteroatoms. The van der Waals surface area contributed by atoms with E-state index in [9.17, 15) is 13.6 Å². The fourth-order valence-corrected chi connectivity index (χ4v) is 5.71. The molecule has 2 aliphatic rings. The molecule has 178 valence electrons. The zero-order valence-corrected chi connectivity index (χ0v) is 19.9. The van der Waals surface area contributed by atoms with Gasteiger partial charge in [0, 0.05) is 12.3 Å². The Balaban J connectivity index is 1.26. The van der Waals surface area contributed by atoms with Crippen molar-refractivity contribution in [3.05, 3.63) is 65.6 Å². The van der Waals surface area contributed by atoms with E-state index in [1.807, 2.05) is 18.0 Å². The standard InChI is InChI=1S/C25H26F2N4O2S/c1-15(26)16-4-5-17-8-18(13-33-21(17)9-16)24(32)30-19-10-20(27)23(28-11-19)31-12-22(29-14-31)25(2)6-3-7-34-25/h4-5,9-12,14-15,18H,3,6-8,13H2,1-2H3,(H,30,32). The van der Waals surface area contributed by atoms with Crippen molar-refractivity contribution in [1.82, 2.24) is 14.5 Å². The number of nitrogens with one attached hydrogen (secondary N) is 1. The van der Waals surface area contributed by atoms with Crippen molar-refractivity contribution in [3.63, 3.8) is 0 Å². The SMILES string of the molecule is CC(F)c1ccc2c(c1)OCC(C(=O)Nc1cnc(-n3cnc(C4(C)CCCS4)c3)c(F)c1)C2. The van der Waals surface area contributed by atoms with Crippen LogP contribution in [0.2, 0.25) is 0 Å². The Morgan fingerprint density at radius 3 is 2.94 bits per heavy atom. The summed E-state index contributed by atoms with van der Waals surface area (Å²) >= 11 is 1.87. The van der Waals surface area contributed by atoms with Crippen LogP contribution in [0.1, 0.15) is 49.7 Å². The van der Waals surface area contributed by atoms with Crippen molar-refractivity contribution in [2.45, 2.75) is 44.0 Å². The number of aromatic nitrogens is 3. The number of imidazole rings is 1. The number of nitrogens with zero attached hydrogens (tertiary/aromatic N) is 3. The lowest BCUT2D eigenvalue weighted by molar-refractivity contribution is -0.121. The van der Waals surface area contributed by atoms with Crippen molar-refractivity contribution in [2.24, 2.45) is 5.92 Å². The molecule has 2 aromatic heterocycles. The highest BCUT2D eigenvalue weighted by molar-refractivity contribution is 8.00. The second kappa shape index (κ2) is 9.02. The van der Waals surface area contributed by atoms with Gasteiger partial charge in [-0.05, 0) is 56.1 Å². The van der Waals surface area contributed by atoms with E-state index < -0.39 is 17.9 Å². The molecule has 1 amide bonds. The number of amides is 1. The van der Waals surface area contributed by atoms with E-state index in [1.165, 1.54) is 19.2 Å². The van der Waals surface area contributed by atoms with Gasteiger partial charge in [-0.15, -0.1) is 11.8 Å². The quantitative estimate of drug-likeness (QED) is 0.527. The van der Waals surface area contributed by atoms with Gasteiger partial charge < -0.3 is 10.1 Å². The molecule has 1 saturated heterocycles. The van der Waals surface area contributed by atoms with E-state index in [0.29, 0.717) is 17.7 Å². The third-order valence-electron chi connectivity index (χ3n) is 6.50.